The van der Waals surface area contributed by atoms with Crippen molar-refractivity contribution in [3.8, 4) is 0 Å². The predicted molar refractivity (Wildman–Crippen MR) is 69.8 cm³/mol. The molecule has 1 heterocycles. The number of nitrogens with one attached hydrogen (secondary N) is 1. The van der Waals surface area contributed by atoms with Crippen molar-refractivity contribution in [2.24, 2.45) is 5.84 Å². The van der Waals surface area contributed by atoms with E-state index in [1.807, 2.05) is 30.9 Å². The minimum atomic E-state index is -0.338. The van der Waals surface area contributed by atoms with Crippen LogP contribution >= 0.6 is 0 Å². The van der Waals surface area contributed by atoms with E-state index in [1.165, 1.54) is 0 Å². The summed E-state index contributed by atoms with van der Waals surface area (Å²) >= 11 is 0. The summed E-state index contributed by atoms with van der Waals surface area (Å²) in [5, 5.41) is 4.24. The van der Waals surface area contributed by atoms with Crippen LogP contribution in [-0.4, -0.2) is 35.3 Å². The average molecular weight is 256 g/mol. The van der Waals surface area contributed by atoms with Crippen LogP contribution in [0.4, 0.5) is 0 Å². The highest BCUT2D eigenvalue weighted by atomic mass is 16.7. The molecule has 1 aromatic heterocycles. The third-order valence-electron chi connectivity index (χ3n) is 2.67. The SMILES string of the molecule is CCOC(OCC)C(Cc1cnn(CC)c1)NN. The summed E-state index contributed by atoms with van der Waals surface area (Å²) in [6.07, 6.45) is 4.25. The second-order valence-corrected chi connectivity index (χ2v) is 3.96. The third kappa shape index (κ3) is 4.38. The molecule has 1 rings (SSSR count). The van der Waals surface area contributed by atoms with Crippen molar-refractivity contribution in [2.75, 3.05) is 13.2 Å². The highest BCUT2D eigenvalue weighted by Gasteiger charge is 2.22. The molecule has 3 N–H and O–H groups in total. The number of nitrogens with zero attached hydrogens (tertiary/aromatic N) is 2. The highest BCUT2D eigenvalue weighted by molar-refractivity contribution is 5.06. The van der Waals surface area contributed by atoms with Gasteiger partial charge in [0.2, 0.25) is 0 Å². The molecule has 0 saturated heterocycles. The standard InChI is InChI=1S/C12H24N4O2/c1-4-16-9-10(8-14-16)7-11(15-13)12(17-5-2)18-6-3/h8-9,11-12,15H,4-7,13H2,1-3H3. The van der Waals surface area contributed by atoms with E-state index in [2.05, 4.69) is 17.4 Å². The van der Waals surface area contributed by atoms with E-state index in [-0.39, 0.29) is 12.3 Å². The van der Waals surface area contributed by atoms with E-state index < -0.39 is 0 Å². The molecule has 0 aliphatic carbocycles. The Bertz CT molecular complexity index is 324. The molecule has 0 aromatic carbocycles. The molecular formula is C12H24N4O2. The van der Waals surface area contributed by atoms with Gasteiger partial charge < -0.3 is 9.47 Å². The molecule has 0 radical (unpaired) electrons. The zero-order valence-corrected chi connectivity index (χ0v) is 11.4. The summed E-state index contributed by atoms with van der Waals surface area (Å²) < 4.78 is 13.0. The molecule has 18 heavy (non-hydrogen) atoms. The lowest BCUT2D eigenvalue weighted by molar-refractivity contribution is -0.153. The summed E-state index contributed by atoms with van der Waals surface area (Å²) in [6, 6.07) is -0.0839. The fraction of sp³-hybridized carbons (Fsp3) is 0.750. The Labute approximate surface area is 108 Å². The fourth-order valence-electron chi connectivity index (χ4n) is 1.78. The second kappa shape index (κ2) is 8.20. The zero-order chi connectivity index (χ0) is 13.4. The van der Waals surface area contributed by atoms with Crippen molar-refractivity contribution in [1.29, 1.82) is 0 Å². The molecular weight excluding hydrogens is 232 g/mol. The molecule has 0 aliphatic heterocycles. The van der Waals surface area contributed by atoms with Gasteiger partial charge >= 0.3 is 0 Å². The number of rotatable bonds is 9. The van der Waals surface area contributed by atoms with E-state index in [0.717, 1.165) is 18.5 Å². The van der Waals surface area contributed by atoms with E-state index in [9.17, 15) is 0 Å². The van der Waals surface area contributed by atoms with Gasteiger partial charge in [-0.3, -0.25) is 16.0 Å². The maximum absolute atomic E-state index is 5.58. The number of hydrogen-bond acceptors (Lipinski definition) is 5. The maximum Gasteiger partial charge on any atom is 0.174 e. The Morgan fingerprint density at radius 3 is 2.44 bits per heavy atom. The maximum atomic E-state index is 5.58. The normalized spacial score (nSPS) is 13.2. The van der Waals surface area contributed by atoms with E-state index in [4.69, 9.17) is 15.3 Å². The molecule has 0 fully saturated rings. The molecule has 1 aromatic rings. The average Bonchev–Trinajstić information content (AvgIpc) is 2.83. The van der Waals surface area contributed by atoms with Gasteiger partial charge in [0.15, 0.2) is 6.29 Å². The van der Waals surface area contributed by atoms with Crippen LogP contribution in [0.15, 0.2) is 12.4 Å². The smallest absolute Gasteiger partial charge is 0.174 e. The summed E-state index contributed by atoms with van der Waals surface area (Å²) in [6.45, 7) is 7.98. The number of aromatic nitrogens is 2. The largest absolute Gasteiger partial charge is 0.351 e. The predicted octanol–water partition coefficient (Wildman–Crippen LogP) is 0.677. The Morgan fingerprint density at radius 2 is 2.00 bits per heavy atom. The Kier molecular flexibility index (Phi) is 6.89. The van der Waals surface area contributed by atoms with Crippen molar-refractivity contribution in [3.63, 3.8) is 0 Å². The lowest BCUT2D eigenvalue weighted by atomic mass is 10.1. The van der Waals surface area contributed by atoms with Gasteiger partial charge in [-0.05, 0) is 32.8 Å². The summed E-state index contributed by atoms with van der Waals surface area (Å²) in [5.74, 6) is 5.58. The number of hydrogen-bond donors (Lipinski definition) is 2. The zero-order valence-electron chi connectivity index (χ0n) is 11.4. The lowest BCUT2D eigenvalue weighted by Gasteiger charge is -2.25. The van der Waals surface area contributed by atoms with Gasteiger partial charge in [-0.25, -0.2) is 0 Å². The van der Waals surface area contributed by atoms with Crippen molar-refractivity contribution in [2.45, 2.75) is 46.1 Å². The van der Waals surface area contributed by atoms with E-state index in [1.54, 1.807) is 0 Å². The van der Waals surface area contributed by atoms with Crippen LogP contribution in [0.2, 0.25) is 0 Å². The first-order valence-electron chi connectivity index (χ1n) is 6.45. The quantitative estimate of drug-likeness (QED) is 0.386. The van der Waals surface area contributed by atoms with Crippen LogP contribution in [0.1, 0.15) is 26.3 Å². The minimum absolute atomic E-state index is 0.0839. The molecule has 1 unspecified atom stereocenters. The number of nitrogens with two attached hydrogens (primary N) is 1. The number of ether oxygens (including phenoxy) is 2. The highest BCUT2D eigenvalue weighted by Crippen LogP contribution is 2.09. The van der Waals surface area contributed by atoms with Gasteiger partial charge in [-0.15, -0.1) is 0 Å². The topological polar surface area (TPSA) is 74.3 Å². The third-order valence-corrected chi connectivity index (χ3v) is 2.67. The van der Waals surface area contributed by atoms with Crippen LogP contribution in [0.5, 0.6) is 0 Å². The molecule has 0 bridgehead atoms. The second-order valence-electron chi connectivity index (χ2n) is 3.96. The van der Waals surface area contributed by atoms with Gasteiger partial charge in [0.05, 0.1) is 12.2 Å². The molecule has 104 valence electrons. The van der Waals surface area contributed by atoms with Crippen molar-refractivity contribution in [1.82, 2.24) is 15.2 Å². The molecule has 6 nitrogen and oxygen atoms in total. The van der Waals surface area contributed by atoms with Crippen LogP contribution in [-0.2, 0) is 22.4 Å². The summed E-state index contributed by atoms with van der Waals surface area (Å²) in [7, 11) is 0. The van der Waals surface area contributed by atoms with E-state index >= 15 is 0 Å². The first kappa shape index (κ1) is 15.1. The molecule has 0 aliphatic rings. The molecule has 0 spiro atoms. The number of hydrazine groups is 1. The lowest BCUT2D eigenvalue weighted by Crippen LogP contribution is -2.47. The monoisotopic (exact) mass is 256 g/mol. The van der Waals surface area contributed by atoms with Gasteiger partial charge in [0.1, 0.15) is 0 Å². The summed E-state index contributed by atoms with van der Waals surface area (Å²) in [4.78, 5) is 0. The van der Waals surface area contributed by atoms with Gasteiger partial charge in [0, 0.05) is 26.0 Å². The van der Waals surface area contributed by atoms with Gasteiger partial charge in [-0.2, -0.15) is 5.10 Å². The van der Waals surface area contributed by atoms with Crippen LogP contribution in [0.25, 0.3) is 0 Å². The Hall–Kier alpha value is -0.950. The first-order valence-corrected chi connectivity index (χ1v) is 6.45. The van der Waals surface area contributed by atoms with Crippen LogP contribution in [0.3, 0.4) is 0 Å². The van der Waals surface area contributed by atoms with Gasteiger partial charge in [0.25, 0.3) is 0 Å². The van der Waals surface area contributed by atoms with Crippen LogP contribution in [0, 0.1) is 0 Å². The van der Waals surface area contributed by atoms with Gasteiger partial charge in [-0.1, -0.05) is 0 Å². The fourth-order valence-corrected chi connectivity index (χ4v) is 1.78. The number of aryl methyl sites for hydroxylation is 1. The first-order chi connectivity index (χ1) is 8.74. The van der Waals surface area contributed by atoms with Crippen molar-refractivity contribution < 1.29 is 9.47 Å². The van der Waals surface area contributed by atoms with Crippen molar-refractivity contribution >= 4 is 0 Å². The molecule has 0 amide bonds. The molecule has 1 atom stereocenters. The minimum Gasteiger partial charge on any atom is -0.351 e. The molecule has 0 saturated carbocycles. The Morgan fingerprint density at radius 1 is 1.33 bits per heavy atom. The van der Waals surface area contributed by atoms with E-state index in [0.29, 0.717) is 13.2 Å². The molecule has 6 heteroatoms. The summed E-state index contributed by atoms with van der Waals surface area (Å²) in [5.41, 5.74) is 3.88. The Balaban J connectivity index is 2.62. The van der Waals surface area contributed by atoms with Crippen molar-refractivity contribution in [3.05, 3.63) is 18.0 Å². The van der Waals surface area contributed by atoms with Crippen LogP contribution < -0.4 is 11.3 Å².